The number of amides is 1. The van der Waals surface area contributed by atoms with Gasteiger partial charge in [0.15, 0.2) is 0 Å². The molecule has 18 heavy (non-hydrogen) atoms. The molecule has 98 valence electrons. The van der Waals surface area contributed by atoms with Gasteiger partial charge in [0.05, 0.1) is 6.54 Å². The molecule has 1 amide bonds. The zero-order valence-electron chi connectivity index (χ0n) is 11.4. The van der Waals surface area contributed by atoms with Gasteiger partial charge < -0.3 is 5.32 Å². The van der Waals surface area contributed by atoms with E-state index >= 15 is 0 Å². The minimum Gasteiger partial charge on any atom is -0.325 e. The molecule has 1 fully saturated rings. The van der Waals surface area contributed by atoms with Gasteiger partial charge in [-0.3, -0.25) is 9.69 Å². The lowest BCUT2D eigenvalue weighted by molar-refractivity contribution is -0.117. The van der Waals surface area contributed by atoms with Crippen LogP contribution in [0.4, 0.5) is 5.69 Å². The summed E-state index contributed by atoms with van der Waals surface area (Å²) in [5.41, 5.74) is 2.07. The van der Waals surface area contributed by atoms with Crippen molar-refractivity contribution < 1.29 is 4.79 Å². The lowest BCUT2D eigenvalue weighted by Gasteiger charge is -2.23. The number of hydrogen-bond donors (Lipinski definition) is 1. The minimum atomic E-state index is 0.0638. The van der Waals surface area contributed by atoms with E-state index < -0.39 is 0 Å². The van der Waals surface area contributed by atoms with Gasteiger partial charge in [-0.25, -0.2) is 0 Å². The summed E-state index contributed by atoms with van der Waals surface area (Å²) >= 11 is 0. The highest BCUT2D eigenvalue weighted by Crippen LogP contribution is 2.34. The third-order valence-electron chi connectivity index (χ3n) is 3.73. The van der Waals surface area contributed by atoms with Gasteiger partial charge in [0.2, 0.25) is 5.91 Å². The highest BCUT2D eigenvalue weighted by Gasteiger charge is 2.30. The van der Waals surface area contributed by atoms with Crippen LogP contribution in [0.2, 0.25) is 0 Å². The monoisotopic (exact) mass is 246 g/mol. The van der Waals surface area contributed by atoms with Crippen molar-refractivity contribution in [2.24, 2.45) is 5.92 Å². The van der Waals surface area contributed by atoms with E-state index in [-0.39, 0.29) is 5.91 Å². The van der Waals surface area contributed by atoms with Crippen LogP contribution >= 0.6 is 0 Å². The Kier molecular flexibility index (Phi) is 4.02. The molecule has 0 spiro atoms. The Morgan fingerprint density at radius 3 is 2.56 bits per heavy atom. The molecule has 1 atom stereocenters. The van der Waals surface area contributed by atoms with E-state index in [1.807, 2.05) is 38.2 Å². The van der Waals surface area contributed by atoms with Crippen LogP contribution in [0.3, 0.4) is 0 Å². The largest absolute Gasteiger partial charge is 0.325 e. The van der Waals surface area contributed by atoms with Crippen LogP contribution in [0.5, 0.6) is 0 Å². The molecule has 0 aliphatic heterocycles. The Morgan fingerprint density at radius 2 is 2.00 bits per heavy atom. The number of hydrogen-bond acceptors (Lipinski definition) is 2. The quantitative estimate of drug-likeness (QED) is 0.866. The number of carbonyl (C=O) groups excluding carboxylic acids is 1. The molecule has 0 saturated heterocycles. The molecular weight excluding hydrogens is 224 g/mol. The molecule has 1 aromatic carbocycles. The predicted molar refractivity (Wildman–Crippen MR) is 74.6 cm³/mol. The van der Waals surface area contributed by atoms with Gasteiger partial charge in [0.25, 0.3) is 0 Å². The lowest BCUT2D eigenvalue weighted by Crippen LogP contribution is -2.37. The van der Waals surface area contributed by atoms with Crippen LogP contribution < -0.4 is 5.32 Å². The van der Waals surface area contributed by atoms with Crippen molar-refractivity contribution in [3.8, 4) is 0 Å². The van der Waals surface area contributed by atoms with E-state index in [2.05, 4.69) is 17.1 Å². The molecule has 1 aliphatic carbocycles. The zero-order chi connectivity index (χ0) is 13.1. The lowest BCUT2D eigenvalue weighted by atomic mass is 10.2. The summed E-state index contributed by atoms with van der Waals surface area (Å²) in [6.45, 7) is 4.71. The van der Waals surface area contributed by atoms with Crippen molar-refractivity contribution >= 4 is 11.6 Å². The first-order chi connectivity index (χ1) is 8.56. The van der Waals surface area contributed by atoms with E-state index in [0.29, 0.717) is 12.6 Å². The Labute approximate surface area is 109 Å². The number of anilines is 1. The maximum absolute atomic E-state index is 11.9. The Balaban J connectivity index is 1.82. The van der Waals surface area contributed by atoms with Crippen molar-refractivity contribution in [1.82, 2.24) is 4.90 Å². The highest BCUT2D eigenvalue weighted by atomic mass is 16.2. The van der Waals surface area contributed by atoms with Crippen molar-refractivity contribution in [3.63, 3.8) is 0 Å². The van der Waals surface area contributed by atoms with E-state index in [9.17, 15) is 4.79 Å². The average Bonchev–Trinajstić information content (AvgIpc) is 3.15. The number of carbonyl (C=O) groups is 1. The molecule has 1 aliphatic rings. The standard InChI is InChI=1S/C15H22N2O/c1-11-4-8-14(9-5-11)16-15(18)10-17(3)12(2)13-6-7-13/h4-5,8-9,12-13H,6-7,10H2,1-3H3,(H,16,18)/t12-/m1/s1. The molecule has 0 aromatic heterocycles. The van der Waals surface area contributed by atoms with Gasteiger partial charge in [0, 0.05) is 11.7 Å². The second-order valence-corrected chi connectivity index (χ2v) is 5.41. The second kappa shape index (κ2) is 5.53. The number of aryl methyl sites for hydroxylation is 1. The molecule has 3 heteroatoms. The molecule has 0 bridgehead atoms. The number of benzene rings is 1. The van der Waals surface area contributed by atoms with Crippen molar-refractivity contribution in [2.45, 2.75) is 32.7 Å². The summed E-state index contributed by atoms with van der Waals surface area (Å²) in [5.74, 6) is 0.857. The van der Waals surface area contributed by atoms with Gasteiger partial charge in [-0.15, -0.1) is 0 Å². The smallest absolute Gasteiger partial charge is 0.238 e. The Morgan fingerprint density at radius 1 is 1.39 bits per heavy atom. The van der Waals surface area contributed by atoms with Gasteiger partial charge in [-0.05, 0) is 51.8 Å². The molecule has 0 radical (unpaired) electrons. The Hall–Kier alpha value is -1.35. The van der Waals surface area contributed by atoms with Gasteiger partial charge in [-0.2, -0.15) is 0 Å². The maximum atomic E-state index is 11.9. The normalized spacial score (nSPS) is 16.7. The van der Waals surface area contributed by atoms with Crippen LogP contribution in [0, 0.1) is 12.8 Å². The number of rotatable bonds is 5. The van der Waals surface area contributed by atoms with Crippen molar-refractivity contribution in [1.29, 1.82) is 0 Å². The van der Waals surface area contributed by atoms with E-state index in [0.717, 1.165) is 11.6 Å². The van der Waals surface area contributed by atoms with Crippen LogP contribution in [0.1, 0.15) is 25.3 Å². The SMILES string of the molecule is Cc1ccc(NC(=O)CN(C)[C@H](C)C2CC2)cc1. The number of nitrogens with zero attached hydrogens (tertiary/aromatic N) is 1. The molecule has 0 heterocycles. The summed E-state index contributed by atoms with van der Waals surface area (Å²) in [4.78, 5) is 14.0. The van der Waals surface area contributed by atoms with Crippen molar-refractivity contribution in [2.75, 3.05) is 18.9 Å². The van der Waals surface area contributed by atoms with Gasteiger partial charge in [-0.1, -0.05) is 17.7 Å². The molecule has 2 rings (SSSR count). The third kappa shape index (κ3) is 3.57. The van der Waals surface area contributed by atoms with Crippen molar-refractivity contribution in [3.05, 3.63) is 29.8 Å². The van der Waals surface area contributed by atoms with Crippen LogP contribution in [-0.4, -0.2) is 30.4 Å². The second-order valence-electron chi connectivity index (χ2n) is 5.41. The zero-order valence-corrected chi connectivity index (χ0v) is 11.4. The Bertz CT molecular complexity index is 409. The maximum Gasteiger partial charge on any atom is 0.238 e. The first-order valence-corrected chi connectivity index (χ1v) is 6.63. The molecule has 0 unspecified atom stereocenters. The average molecular weight is 246 g/mol. The molecule has 1 saturated carbocycles. The van der Waals surface area contributed by atoms with Crippen LogP contribution in [0.25, 0.3) is 0 Å². The first-order valence-electron chi connectivity index (χ1n) is 6.63. The van der Waals surface area contributed by atoms with Crippen LogP contribution in [-0.2, 0) is 4.79 Å². The molecule has 3 nitrogen and oxygen atoms in total. The van der Waals surface area contributed by atoms with Crippen LogP contribution in [0.15, 0.2) is 24.3 Å². The highest BCUT2D eigenvalue weighted by molar-refractivity contribution is 5.92. The first kappa shape index (κ1) is 13.1. The fourth-order valence-electron chi connectivity index (χ4n) is 2.15. The summed E-state index contributed by atoms with van der Waals surface area (Å²) in [7, 11) is 2.03. The molecule has 1 aromatic rings. The minimum absolute atomic E-state index is 0.0638. The fraction of sp³-hybridized carbons (Fsp3) is 0.533. The number of nitrogens with one attached hydrogen (secondary N) is 1. The molecule has 1 N–H and O–H groups in total. The number of likely N-dealkylation sites (N-methyl/N-ethyl adjacent to an activating group) is 1. The van der Waals surface area contributed by atoms with E-state index in [1.54, 1.807) is 0 Å². The summed E-state index contributed by atoms with van der Waals surface area (Å²) in [6.07, 6.45) is 2.62. The summed E-state index contributed by atoms with van der Waals surface area (Å²) in [6, 6.07) is 8.40. The van der Waals surface area contributed by atoms with Gasteiger partial charge >= 0.3 is 0 Å². The third-order valence-corrected chi connectivity index (χ3v) is 3.73. The molecular formula is C15H22N2O. The van der Waals surface area contributed by atoms with E-state index in [1.165, 1.54) is 18.4 Å². The fourth-order valence-corrected chi connectivity index (χ4v) is 2.15. The summed E-state index contributed by atoms with van der Waals surface area (Å²) in [5, 5.41) is 2.93. The van der Waals surface area contributed by atoms with Gasteiger partial charge in [0.1, 0.15) is 0 Å². The summed E-state index contributed by atoms with van der Waals surface area (Å²) < 4.78 is 0. The predicted octanol–water partition coefficient (Wildman–Crippen LogP) is 2.66. The topological polar surface area (TPSA) is 32.3 Å². The van der Waals surface area contributed by atoms with E-state index in [4.69, 9.17) is 0 Å².